The first-order valence-electron chi connectivity index (χ1n) is 4.86. The van der Waals surface area contributed by atoms with Crippen molar-refractivity contribution in [1.29, 1.82) is 0 Å². The van der Waals surface area contributed by atoms with Gasteiger partial charge in [-0.3, -0.25) is 0 Å². The van der Waals surface area contributed by atoms with Crippen molar-refractivity contribution in [3.05, 3.63) is 22.4 Å². The van der Waals surface area contributed by atoms with Gasteiger partial charge in [0.1, 0.15) is 6.04 Å². The van der Waals surface area contributed by atoms with Crippen molar-refractivity contribution in [3.8, 4) is 0 Å². The Bertz CT molecular complexity index is 269. The molecule has 1 N–H and O–H groups in total. The predicted octanol–water partition coefficient (Wildman–Crippen LogP) is 3.22. The predicted molar refractivity (Wildman–Crippen MR) is 56.2 cm³/mol. The maximum Gasteiger partial charge on any atom is 0.404 e. The van der Waals surface area contributed by atoms with E-state index in [1.54, 1.807) is 17.5 Å². The highest BCUT2D eigenvalue weighted by Gasteiger charge is 2.39. The molecule has 0 aliphatic rings. The van der Waals surface area contributed by atoms with Gasteiger partial charge in [0, 0.05) is 11.3 Å². The normalized spacial score (nSPS) is 14.1. The SMILES string of the molecule is CCCNC(Cc1cccs1)C(F)(F)F. The summed E-state index contributed by atoms with van der Waals surface area (Å²) in [7, 11) is 0. The van der Waals surface area contributed by atoms with Crippen LogP contribution in [0.5, 0.6) is 0 Å². The molecule has 1 heterocycles. The van der Waals surface area contributed by atoms with E-state index < -0.39 is 12.2 Å². The van der Waals surface area contributed by atoms with E-state index in [2.05, 4.69) is 5.32 Å². The molecule has 1 unspecified atom stereocenters. The lowest BCUT2D eigenvalue weighted by Gasteiger charge is -2.20. The van der Waals surface area contributed by atoms with E-state index in [0.717, 1.165) is 4.88 Å². The average Bonchev–Trinajstić information content (AvgIpc) is 2.62. The first-order chi connectivity index (χ1) is 7.04. The fraction of sp³-hybridized carbons (Fsp3) is 0.600. The zero-order chi connectivity index (χ0) is 11.3. The van der Waals surface area contributed by atoms with E-state index in [1.165, 1.54) is 11.3 Å². The van der Waals surface area contributed by atoms with E-state index in [-0.39, 0.29) is 6.42 Å². The molecule has 86 valence electrons. The van der Waals surface area contributed by atoms with Crippen LogP contribution in [0.15, 0.2) is 17.5 Å². The second-order valence-corrected chi connectivity index (χ2v) is 4.36. The second-order valence-electron chi connectivity index (χ2n) is 3.33. The standard InChI is InChI=1S/C10H14F3NS/c1-2-5-14-9(10(11,12)13)7-8-4-3-6-15-8/h3-4,6,9,14H,2,5,7H2,1H3. The number of hydrogen-bond donors (Lipinski definition) is 1. The monoisotopic (exact) mass is 237 g/mol. The molecule has 1 aromatic rings. The van der Waals surface area contributed by atoms with E-state index in [4.69, 9.17) is 0 Å². The zero-order valence-electron chi connectivity index (χ0n) is 8.47. The third-order valence-corrected chi connectivity index (χ3v) is 2.92. The molecule has 0 aliphatic heterocycles. The molecule has 5 heteroatoms. The van der Waals surface area contributed by atoms with E-state index in [9.17, 15) is 13.2 Å². The molecule has 0 spiro atoms. The van der Waals surface area contributed by atoms with Crippen LogP contribution in [0.4, 0.5) is 13.2 Å². The molecular weight excluding hydrogens is 223 g/mol. The fourth-order valence-electron chi connectivity index (χ4n) is 1.25. The second kappa shape index (κ2) is 5.51. The minimum atomic E-state index is -4.17. The van der Waals surface area contributed by atoms with Gasteiger partial charge in [-0.25, -0.2) is 0 Å². The van der Waals surface area contributed by atoms with Crippen molar-refractivity contribution >= 4 is 11.3 Å². The molecule has 0 radical (unpaired) electrons. The van der Waals surface area contributed by atoms with Gasteiger partial charge in [0.25, 0.3) is 0 Å². The van der Waals surface area contributed by atoms with Crippen LogP contribution >= 0.6 is 11.3 Å². The van der Waals surface area contributed by atoms with E-state index in [0.29, 0.717) is 13.0 Å². The highest BCUT2D eigenvalue weighted by Crippen LogP contribution is 2.24. The lowest BCUT2D eigenvalue weighted by Crippen LogP contribution is -2.44. The molecule has 1 atom stereocenters. The third kappa shape index (κ3) is 4.22. The van der Waals surface area contributed by atoms with Gasteiger partial charge in [0.05, 0.1) is 0 Å². The molecule has 1 nitrogen and oxygen atoms in total. The summed E-state index contributed by atoms with van der Waals surface area (Å²) in [4.78, 5) is 0.765. The van der Waals surface area contributed by atoms with Crippen LogP contribution in [0.25, 0.3) is 0 Å². The number of hydrogen-bond acceptors (Lipinski definition) is 2. The van der Waals surface area contributed by atoms with Crippen molar-refractivity contribution < 1.29 is 13.2 Å². The van der Waals surface area contributed by atoms with Crippen LogP contribution in [-0.4, -0.2) is 18.8 Å². The Kier molecular flexibility index (Phi) is 4.60. The summed E-state index contributed by atoms with van der Waals surface area (Å²) in [5.41, 5.74) is 0. The van der Waals surface area contributed by atoms with Gasteiger partial charge >= 0.3 is 6.18 Å². The highest BCUT2D eigenvalue weighted by molar-refractivity contribution is 7.09. The van der Waals surface area contributed by atoms with Gasteiger partial charge in [0.2, 0.25) is 0 Å². The van der Waals surface area contributed by atoms with Crippen LogP contribution in [0.2, 0.25) is 0 Å². The van der Waals surface area contributed by atoms with Crippen molar-refractivity contribution in [1.82, 2.24) is 5.32 Å². The minimum absolute atomic E-state index is 0.0289. The topological polar surface area (TPSA) is 12.0 Å². The largest absolute Gasteiger partial charge is 0.404 e. The quantitative estimate of drug-likeness (QED) is 0.829. The van der Waals surface area contributed by atoms with Crippen LogP contribution in [0.3, 0.4) is 0 Å². The maximum absolute atomic E-state index is 12.6. The Morgan fingerprint density at radius 1 is 1.47 bits per heavy atom. The van der Waals surface area contributed by atoms with Crippen molar-refractivity contribution in [2.24, 2.45) is 0 Å². The molecule has 0 aliphatic carbocycles. The number of rotatable bonds is 5. The summed E-state index contributed by atoms with van der Waals surface area (Å²) in [6.07, 6.45) is -3.43. The molecule has 1 aromatic heterocycles. The summed E-state index contributed by atoms with van der Waals surface area (Å²) >= 11 is 1.36. The van der Waals surface area contributed by atoms with Gasteiger partial charge < -0.3 is 5.32 Å². The molecule has 15 heavy (non-hydrogen) atoms. The molecule has 1 rings (SSSR count). The van der Waals surface area contributed by atoms with Gasteiger partial charge in [-0.1, -0.05) is 13.0 Å². The number of nitrogens with one attached hydrogen (secondary N) is 1. The first-order valence-corrected chi connectivity index (χ1v) is 5.74. The first kappa shape index (κ1) is 12.5. The average molecular weight is 237 g/mol. The van der Waals surface area contributed by atoms with Crippen molar-refractivity contribution in [2.45, 2.75) is 32.0 Å². The summed E-state index contributed by atoms with van der Waals surface area (Å²) in [5, 5.41) is 4.32. The van der Waals surface area contributed by atoms with Crippen LogP contribution in [0, 0.1) is 0 Å². The lowest BCUT2D eigenvalue weighted by molar-refractivity contribution is -0.155. The van der Waals surface area contributed by atoms with Gasteiger partial charge in [0.15, 0.2) is 0 Å². The van der Waals surface area contributed by atoms with Crippen LogP contribution < -0.4 is 5.32 Å². The van der Waals surface area contributed by atoms with E-state index in [1.807, 2.05) is 6.92 Å². The lowest BCUT2D eigenvalue weighted by atomic mass is 10.1. The maximum atomic E-state index is 12.6. The Morgan fingerprint density at radius 2 is 2.20 bits per heavy atom. The summed E-state index contributed by atoms with van der Waals surface area (Å²) < 4.78 is 37.7. The Morgan fingerprint density at radius 3 is 2.67 bits per heavy atom. The molecule has 0 amide bonds. The molecule has 0 fully saturated rings. The number of halogens is 3. The molecule has 0 saturated carbocycles. The van der Waals surface area contributed by atoms with Gasteiger partial charge in [-0.15, -0.1) is 11.3 Å². The Hall–Kier alpha value is -0.550. The van der Waals surface area contributed by atoms with E-state index >= 15 is 0 Å². The zero-order valence-corrected chi connectivity index (χ0v) is 9.29. The number of thiophene rings is 1. The molecular formula is C10H14F3NS. The van der Waals surface area contributed by atoms with Crippen LogP contribution in [0.1, 0.15) is 18.2 Å². The molecule has 0 saturated heterocycles. The minimum Gasteiger partial charge on any atom is -0.306 e. The highest BCUT2D eigenvalue weighted by atomic mass is 32.1. The Balaban J connectivity index is 2.57. The molecule has 0 bridgehead atoms. The van der Waals surface area contributed by atoms with Gasteiger partial charge in [-0.2, -0.15) is 13.2 Å². The fourth-order valence-corrected chi connectivity index (χ4v) is 2.00. The summed E-state index contributed by atoms with van der Waals surface area (Å²) in [6, 6.07) is 2.08. The Labute approximate surface area is 91.3 Å². The van der Waals surface area contributed by atoms with Crippen LogP contribution in [-0.2, 0) is 6.42 Å². The summed E-state index contributed by atoms with van der Waals surface area (Å²) in [6.45, 7) is 2.25. The molecule has 0 aromatic carbocycles. The third-order valence-electron chi connectivity index (χ3n) is 2.02. The van der Waals surface area contributed by atoms with Gasteiger partial charge in [-0.05, 0) is 24.4 Å². The summed E-state index contributed by atoms with van der Waals surface area (Å²) in [5.74, 6) is 0. The van der Waals surface area contributed by atoms with Crippen molar-refractivity contribution in [3.63, 3.8) is 0 Å². The number of alkyl halides is 3. The van der Waals surface area contributed by atoms with Crippen molar-refractivity contribution in [2.75, 3.05) is 6.54 Å². The smallest absolute Gasteiger partial charge is 0.306 e.